The Labute approximate surface area is 169 Å². The van der Waals surface area contributed by atoms with Gasteiger partial charge in [0.2, 0.25) is 0 Å². The molecule has 1 aromatic heterocycles. The second kappa shape index (κ2) is 5.14. The van der Waals surface area contributed by atoms with Crippen molar-refractivity contribution in [3.63, 3.8) is 0 Å². The van der Waals surface area contributed by atoms with E-state index in [9.17, 15) is 0 Å². The fourth-order valence-electron chi connectivity index (χ4n) is 6.37. The molecule has 4 atom stereocenters. The van der Waals surface area contributed by atoms with Crippen LogP contribution in [0.4, 0.5) is 0 Å². The van der Waals surface area contributed by atoms with Crippen LogP contribution in [0.5, 0.6) is 5.75 Å². The molecule has 0 bridgehead atoms. The number of nitrogens with two attached hydrogens (primary N) is 1. The lowest BCUT2D eigenvalue weighted by molar-refractivity contribution is 0.210. The van der Waals surface area contributed by atoms with E-state index in [-0.39, 0.29) is 17.6 Å². The molecule has 7 rings (SSSR count). The highest BCUT2D eigenvalue weighted by molar-refractivity contribution is 5.88. The molecule has 0 radical (unpaired) electrons. The number of allylic oxidation sites excluding steroid dienone is 1. The Morgan fingerprint density at radius 3 is 2.86 bits per heavy atom. The number of hydrazine groups is 1. The van der Waals surface area contributed by atoms with Crippen molar-refractivity contribution < 1.29 is 9.15 Å². The summed E-state index contributed by atoms with van der Waals surface area (Å²) in [7, 11) is 0. The number of hydrogen-bond donors (Lipinski definition) is 1. The molecule has 4 nitrogen and oxygen atoms in total. The van der Waals surface area contributed by atoms with Crippen LogP contribution in [0, 0.1) is 0 Å². The molecule has 4 unspecified atom stereocenters. The van der Waals surface area contributed by atoms with E-state index in [0.717, 1.165) is 29.9 Å². The first-order valence-electron chi connectivity index (χ1n) is 10.4. The van der Waals surface area contributed by atoms with Crippen LogP contribution in [-0.4, -0.2) is 17.2 Å². The summed E-state index contributed by atoms with van der Waals surface area (Å²) in [6.45, 7) is 2.33. The van der Waals surface area contributed by atoms with Gasteiger partial charge < -0.3 is 14.2 Å². The Hall–Kier alpha value is -2.98. The Balaban J connectivity index is 1.49. The second-order valence-electron chi connectivity index (χ2n) is 8.83. The smallest absolute Gasteiger partial charge is 0.135 e. The van der Waals surface area contributed by atoms with E-state index in [0.29, 0.717) is 5.92 Å². The molecular weight excluding hydrogens is 360 g/mol. The fraction of sp³-hybridized carbons (Fsp3) is 0.280. The minimum Gasteiger partial charge on any atom is -0.485 e. The van der Waals surface area contributed by atoms with Crippen LogP contribution in [0.3, 0.4) is 0 Å². The monoisotopic (exact) mass is 382 g/mol. The van der Waals surface area contributed by atoms with E-state index in [2.05, 4.69) is 61.5 Å². The van der Waals surface area contributed by atoms with Gasteiger partial charge in [0, 0.05) is 39.1 Å². The highest BCUT2D eigenvalue weighted by Crippen LogP contribution is 2.60. The maximum Gasteiger partial charge on any atom is 0.135 e. The zero-order valence-electron chi connectivity index (χ0n) is 16.3. The highest BCUT2D eigenvalue weighted by atomic mass is 16.5. The number of hydrogen-bond acceptors (Lipinski definition) is 4. The van der Waals surface area contributed by atoms with E-state index < -0.39 is 0 Å². The molecule has 3 heterocycles. The van der Waals surface area contributed by atoms with Crippen molar-refractivity contribution >= 4 is 17.0 Å². The molecule has 0 saturated carbocycles. The van der Waals surface area contributed by atoms with Gasteiger partial charge in [-0.25, -0.2) is 5.84 Å². The fourth-order valence-corrected chi connectivity index (χ4v) is 6.37. The SMILES string of the molecule is CC12C3=C(CCC4c5ccccc5OC34)N(N)C1C=Cc1oc3ccccc3c12. The molecule has 2 aromatic carbocycles. The van der Waals surface area contributed by atoms with Gasteiger partial charge in [-0.2, -0.15) is 0 Å². The van der Waals surface area contributed by atoms with Gasteiger partial charge in [0.05, 0.1) is 6.04 Å². The van der Waals surface area contributed by atoms with Gasteiger partial charge in [0.25, 0.3) is 0 Å². The van der Waals surface area contributed by atoms with Crippen LogP contribution in [-0.2, 0) is 5.41 Å². The number of rotatable bonds is 0. The number of para-hydroxylation sites is 2. The molecule has 2 N–H and O–H groups in total. The zero-order valence-corrected chi connectivity index (χ0v) is 16.3. The van der Waals surface area contributed by atoms with Crippen LogP contribution in [0.25, 0.3) is 17.0 Å². The van der Waals surface area contributed by atoms with Crippen molar-refractivity contribution in [1.29, 1.82) is 0 Å². The Morgan fingerprint density at radius 1 is 1.10 bits per heavy atom. The van der Waals surface area contributed by atoms with Crippen LogP contribution < -0.4 is 10.6 Å². The van der Waals surface area contributed by atoms with Crippen LogP contribution in [0.1, 0.15) is 42.6 Å². The Bertz CT molecular complexity index is 1250. The molecule has 144 valence electrons. The first kappa shape index (κ1) is 15.9. The first-order valence-corrected chi connectivity index (χ1v) is 10.4. The van der Waals surface area contributed by atoms with Gasteiger partial charge in [-0.3, -0.25) is 0 Å². The highest BCUT2D eigenvalue weighted by Gasteiger charge is 2.59. The van der Waals surface area contributed by atoms with E-state index in [1.165, 1.54) is 27.8 Å². The largest absolute Gasteiger partial charge is 0.485 e. The normalized spacial score (nSPS) is 31.2. The molecule has 0 fully saturated rings. The maximum absolute atomic E-state index is 6.73. The van der Waals surface area contributed by atoms with Gasteiger partial charge in [-0.1, -0.05) is 42.5 Å². The van der Waals surface area contributed by atoms with E-state index >= 15 is 0 Å². The van der Waals surface area contributed by atoms with Gasteiger partial charge in [0.1, 0.15) is 23.2 Å². The molecule has 4 heteroatoms. The third-order valence-corrected chi connectivity index (χ3v) is 7.56. The van der Waals surface area contributed by atoms with E-state index in [1.807, 2.05) is 11.1 Å². The maximum atomic E-state index is 6.73. The summed E-state index contributed by atoms with van der Waals surface area (Å²) in [5.41, 5.74) is 5.84. The third-order valence-electron chi connectivity index (χ3n) is 7.56. The van der Waals surface area contributed by atoms with Gasteiger partial charge >= 0.3 is 0 Å². The van der Waals surface area contributed by atoms with E-state index in [4.69, 9.17) is 15.0 Å². The molecule has 2 aliphatic heterocycles. The summed E-state index contributed by atoms with van der Waals surface area (Å²) in [6.07, 6.45) is 6.39. The summed E-state index contributed by atoms with van der Waals surface area (Å²) < 4.78 is 12.8. The number of furan rings is 1. The summed E-state index contributed by atoms with van der Waals surface area (Å²) in [5, 5.41) is 3.18. The summed E-state index contributed by atoms with van der Waals surface area (Å²) in [5.74, 6) is 9.09. The van der Waals surface area contributed by atoms with Crippen molar-refractivity contribution in [2.75, 3.05) is 0 Å². The van der Waals surface area contributed by atoms with Gasteiger partial charge in [0.15, 0.2) is 0 Å². The minimum atomic E-state index is -0.272. The molecule has 3 aromatic rings. The predicted molar refractivity (Wildman–Crippen MR) is 112 cm³/mol. The number of nitrogens with zero attached hydrogens (tertiary/aromatic N) is 1. The van der Waals surface area contributed by atoms with Crippen molar-refractivity contribution in [2.24, 2.45) is 5.84 Å². The lowest BCUT2D eigenvalue weighted by atomic mass is 9.64. The van der Waals surface area contributed by atoms with Gasteiger partial charge in [-0.05, 0) is 38.0 Å². The first-order chi connectivity index (χ1) is 14.2. The van der Waals surface area contributed by atoms with Crippen LogP contribution >= 0.6 is 0 Å². The molecule has 4 aliphatic rings. The summed E-state index contributed by atoms with van der Waals surface area (Å²) in [6, 6.07) is 16.9. The molecule has 0 amide bonds. The second-order valence-corrected chi connectivity index (χ2v) is 8.83. The van der Waals surface area contributed by atoms with Gasteiger partial charge in [-0.15, -0.1) is 0 Å². The average molecular weight is 382 g/mol. The quantitative estimate of drug-likeness (QED) is 0.564. The Morgan fingerprint density at radius 2 is 1.93 bits per heavy atom. The summed E-state index contributed by atoms with van der Waals surface area (Å²) >= 11 is 0. The number of benzene rings is 2. The summed E-state index contributed by atoms with van der Waals surface area (Å²) in [4.78, 5) is 0. The zero-order chi connectivity index (χ0) is 19.3. The van der Waals surface area contributed by atoms with Crippen molar-refractivity contribution in [2.45, 2.75) is 43.2 Å². The minimum absolute atomic E-state index is 0.0326. The van der Waals surface area contributed by atoms with Crippen molar-refractivity contribution in [1.82, 2.24) is 5.01 Å². The topological polar surface area (TPSA) is 51.6 Å². The van der Waals surface area contributed by atoms with Crippen LogP contribution in [0.15, 0.2) is 70.3 Å². The molecule has 0 spiro atoms. The van der Waals surface area contributed by atoms with Crippen molar-refractivity contribution in [3.05, 3.63) is 82.8 Å². The molecule has 2 aliphatic carbocycles. The molecule has 0 saturated heterocycles. The number of fused-ring (bicyclic) bond motifs is 10. The van der Waals surface area contributed by atoms with Crippen LogP contribution in [0.2, 0.25) is 0 Å². The number of ether oxygens (including phenoxy) is 1. The third kappa shape index (κ3) is 1.75. The molecular formula is C25H22N2O2. The Kier molecular flexibility index (Phi) is 2.81. The molecule has 29 heavy (non-hydrogen) atoms. The lowest BCUT2D eigenvalue weighted by Gasteiger charge is -2.39. The predicted octanol–water partition coefficient (Wildman–Crippen LogP) is 4.87. The average Bonchev–Trinajstić information content (AvgIpc) is 3.37. The van der Waals surface area contributed by atoms with E-state index in [1.54, 1.807) is 0 Å². The standard InChI is InChI=1S/C25H22N2O2/c1-25-21(13-12-20-22(25)16-7-3-5-9-19(16)28-20)27(26)17-11-10-15-14-6-2-4-8-18(14)29-24(15)23(17)25/h2-9,12-13,15,21,24H,10-11,26H2,1H3. The lowest BCUT2D eigenvalue weighted by Crippen LogP contribution is -2.47. The van der Waals surface area contributed by atoms with Crippen molar-refractivity contribution in [3.8, 4) is 5.75 Å².